The van der Waals surface area contributed by atoms with Gasteiger partial charge < -0.3 is 10.2 Å². The molecule has 1 heterocycles. The molecule has 0 fully saturated rings. The molecule has 11 heavy (non-hydrogen) atoms. The first kappa shape index (κ1) is 8.34. The third kappa shape index (κ3) is 1.84. The first-order chi connectivity index (χ1) is 5.02. The Labute approximate surface area is 67.4 Å². The minimum Gasteiger partial charge on any atom is -0.469 e. The van der Waals surface area contributed by atoms with Gasteiger partial charge >= 0.3 is 0 Å². The van der Waals surface area contributed by atoms with Crippen molar-refractivity contribution >= 4 is 0 Å². The molecule has 1 atom stereocenters. The summed E-state index contributed by atoms with van der Waals surface area (Å²) < 4.78 is 5.24. The SMILES string of the molecule is CC(c1ccco1)C(C)(C)N. The molecule has 1 rings (SSSR count). The lowest BCUT2D eigenvalue weighted by Gasteiger charge is -2.25. The predicted octanol–water partition coefficient (Wildman–Crippen LogP) is 2.12. The van der Waals surface area contributed by atoms with E-state index < -0.39 is 0 Å². The first-order valence-corrected chi connectivity index (χ1v) is 3.84. The molecule has 0 saturated heterocycles. The zero-order valence-electron chi connectivity index (χ0n) is 7.29. The smallest absolute Gasteiger partial charge is 0.108 e. The average molecular weight is 153 g/mol. The van der Waals surface area contributed by atoms with Crippen molar-refractivity contribution in [3.8, 4) is 0 Å². The van der Waals surface area contributed by atoms with Crippen molar-refractivity contribution in [3.63, 3.8) is 0 Å². The maximum Gasteiger partial charge on any atom is 0.108 e. The molecule has 0 aliphatic heterocycles. The van der Waals surface area contributed by atoms with Gasteiger partial charge in [-0.05, 0) is 26.0 Å². The van der Waals surface area contributed by atoms with Crippen LogP contribution in [0.1, 0.15) is 32.4 Å². The van der Waals surface area contributed by atoms with Crippen molar-refractivity contribution in [2.45, 2.75) is 32.2 Å². The second-order valence-electron chi connectivity index (χ2n) is 3.56. The standard InChI is InChI=1S/C9H15NO/c1-7(9(2,3)10)8-5-4-6-11-8/h4-7H,10H2,1-3H3. The lowest BCUT2D eigenvalue weighted by molar-refractivity contribution is 0.366. The summed E-state index contributed by atoms with van der Waals surface area (Å²) in [4.78, 5) is 0. The second-order valence-corrected chi connectivity index (χ2v) is 3.56. The van der Waals surface area contributed by atoms with Gasteiger partial charge in [0.05, 0.1) is 6.26 Å². The molecule has 1 unspecified atom stereocenters. The van der Waals surface area contributed by atoms with E-state index in [-0.39, 0.29) is 11.5 Å². The van der Waals surface area contributed by atoms with E-state index in [1.165, 1.54) is 0 Å². The van der Waals surface area contributed by atoms with Crippen molar-refractivity contribution in [1.29, 1.82) is 0 Å². The van der Waals surface area contributed by atoms with E-state index in [0.717, 1.165) is 5.76 Å². The van der Waals surface area contributed by atoms with Gasteiger partial charge in [-0.3, -0.25) is 0 Å². The molecule has 0 amide bonds. The van der Waals surface area contributed by atoms with Crippen LogP contribution in [0, 0.1) is 0 Å². The van der Waals surface area contributed by atoms with E-state index in [4.69, 9.17) is 10.2 Å². The molecule has 2 N–H and O–H groups in total. The van der Waals surface area contributed by atoms with E-state index in [1.54, 1.807) is 6.26 Å². The molecule has 1 aromatic heterocycles. The Hall–Kier alpha value is -0.760. The van der Waals surface area contributed by atoms with E-state index in [9.17, 15) is 0 Å². The third-order valence-corrected chi connectivity index (χ3v) is 2.09. The molecule has 0 spiro atoms. The highest BCUT2D eigenvalue weighted by Crippen LogP contribution is 2.25. The summed E-state index contributed by atoms with van der Waals surface area (Å²) in [6.07, 6.45) is 1.68. The summed E-state index contributed by atoms with van der Waals surface area (Å²) in [5.41, 5.74) is 5.70. The molecular weight excluding hydrogens is 138 g/mol. The fraction of sp³-hybridized carbons (Fsp3) is 0.556. The Kier molecular flexibility index (Phi) is 2.05. The summed E-state index contributed by atoms with van der Waals surface area (Å²) >= 11 is 0. The van der Waals surface area contributed by atoms with Crippen LogP contribution in [-0.2, 0) is 0 Å². The minimum atomic E-state index is -0.210. The molecule has 0 aromatic carbocycles. The van der Waals surface area contributed by atoms with E-state index in [0.29, 0.717) is 0 Å². The molecular formula is C9H15NO. The molecule has 0 aliphatic carbocycles. The van der Waals surface area contributed by atoms with Crippen LogP contribution in [0.3, 0.4) is 0 Å². The van der Waals surface area contributed by atoms with Crippen molar-refractivity contribution in [1.82, 2.24) is 0 Å². The normalized spacial score (nSPS) is 14.9. The van der Waals surface area contributed by atoms with Gasteiger partial charge in [0.15, 0.2) is 0 Å². The fourth-order valence-electron chi connectivity index (χ4n) is 0.904. The Morgan fingerprint density at radius 1 is 1.55 bits per heavy atom. The summed E-state index contributed by atoms with van der Waals surface area (Å²) in [5, 5.41) is 0. The highest BCUT2D eigenvalue weighted by atomic mass is 16.3. The van der Waals surface area contributed by atoms with Crippen molar-refractivity contribution in [2.24, 2.45) is 5.73 Å². The summed E-state index contributed by atoms with van der Waals surface area (Å²) in [6, 6.07) is 3.84. The monoisotopic (exact) mass is 153 g/mol. The van der Waals surface area contributed by atoms with E-state index in [1.807, 2.05) is 26.0 Å². The number of nitrogens with two attached hydrogens (primary N) is 1. The van der Waals surface area contributed by atoms with Crippen LogP contribution in [-0.4, -0.2) is 5.54 Å². The first-order valence-electron chi connectivity index (χ1n) is 3.84. The van der Waals surface area contributed by atoms with Crippen LogP contribution < -0.4 is 5.73 Å². The van der Waals surface area contributed by atoms with Crippen LogP contribution in [0.25, 0.3) is 0 Å². The van der Waals surface area contributed by atoms with Crippen molar-refractivity contribution < 1.29 is 4.42 Å². The van der Waals surface area contributed by atoms with Gasteiger partial charge in [0.2, 0.25) is 0 Å². The van der Waals surface area contributed by atoms with Crippen LogP contribution in [0.4, 0.5) is 0 Å². The van der Waals surface area contributed by atoms with Gasteiger partial charge in [0, 0.05) is 11.5 Å². The minimum absolute atomic E-state index is 0.210. The molecule has 0 radical (unpaired) electrons. The number of rotatable bonds is 2. The second kappa shape index (κ2) is 2.70. The maximum absolute atomic E-state index is 5.91. The van der Waals surface area contributed by atoms with Crippen LogP contribution in [0.15, 0.2) is 22.8 Å². The van der Waals surface area contributed by atoms with Crippen LogP contribution in [0.2, 0.25) is 0 Å². The molecule has 62 valence electrons. The van der Waals surface area contributed by atoms with E-state index in [2.05, 4.69) is 6.92 Å². The zero-order chi connectivity index (χ0) is 8.48. The van der Waals surface area contributed by atoms with Gasteiger partial charge in [-0.1, -0.05) is 6.92 Å². The average Bonchev–Trinajstić information content (AvgIpc) is 2.34. The third-order valence-electron chi connectivity index (χ3n) is 2.09. The molecule has 0 aliphatic rings. The highest BCUT2D eigenvalue weighted by molar-refractivity contribution is 5.09. The molecule has 1 aromatic rings. The zero-order valence-corrected chi connectivity index (χ0v) is 7.29. The summed E-state index contributed by atoms with van der Waals surface area (Å²) in [6.45, 7) is 6.07. The fourth-order valence-corrected chi connectivity index (χ4v) is 0.904. The summed E-state index contributed by atoms with van der Waals surface area (Å²) in [7, 11) is 0. The molecule has 2 nitrogen and oxygen atoms in total. The van der Waals surface area contributed by atoms with Gasteiger partial charge in [-0.15, -0.1) is 0 Å². The Bertz CT molecular complexity index is 208. The maximum atomic E-state index is 5.91. The van der Waals surface area contributed by atoms with Gasteiger partial charge in [-0.2, -0.15) is 0 Å². The quantitative estimate of drug-likeness (QED) is 0.706. The Balaban J connectivity index is 2.78. The highest BCUT2D eigenvalue weighted by Gasteiger charge is 2.23. The van der Waals surface area contributed by atoms with Crippen LogP contribution >= 0.6 is 0 Å². The van der Waals surface area contributed by atoms with Crippen molar-refractivity contribution in [3.05, 3.63) is 24.2 Å². The molecule has 2 heteroatoms. The Morgan fingerprint density at radius 2 is 2.18 bits per heavy atom. The lowest BCUT2D eigenvalue weighted by Crippen LogP contribution is -2.37. The summed E-state index contributed by atoms with van der Waals surface area (Å²) in [5.74, 6) is 1.22. The number of hydrogen-bond acceptors (Lipinski definition) is 2. The Morgan fingerprint density at radius 3 is 2.55 bits per heavy atom. The number of hydrogen-bond donors (Lipinski definition) is 1. The largest absolute Gasteiger partial charge is 0.469 e. The van der Waals surface area contributed by atoms with Gasteiger partial charge in [-0.25, -0.2) is 0 Å². The molecule has 0 saturated carbocycles. The van der Waals surface area contributed by atoms with E-state index >= 15 is 0 Å². The van der Waals surface area contributed by atoms with Gasteiger partial charge in [0.25, 0.3) is 0 Å². The van der Waals surface area contributed by atoms with Crippen LogP contribution in [0.5, 0.6) is 0 Å². The number of furan rings is 1. The lowest BCUT2D eigenvalue weighted by atomic mass is 9.88. The van der Waals surface area contributed by atoms with Gasteiger partial charge in [0.1, 0.15) is 5.76 Å². The predicted molar refractivity (Wildman–Crippen MR) is 45.4 cm³/mol. The molecule has 0 bridgehead atoms. The van der Waals surface area contributed by atoms with Crippen molar-refractivity contribution in [2.75, 3.05) is 0 Å². The topological polar surface area (TPSA) is 39.2 Å².